The maximum atomic E-state index is 6.28. The quantitative estimate of drug-likeness (QED) is 0.921. The van der Waals surface area contributed by atoms with E-state index in [1.165, 1.54) is 5.56 Å². The number of aryl methyl sites for hydroxylation is 1. The minimum absolute atomic E-state index is 0.0131. The summed E-state index contributed by atoms with van der Waals surface area (Å²) in [6.07, 6.45) is 1.79. The summed E-state index contributed by atoms with van der Waals surface area (Å²) in [5.74, 6) is 2.51. The zero-order chi connectivity index (χ0) is 15.4. The van der Waals surface area contributed by atoms with E-state index in [-0.39, 0.29) is 6.04 Å². The van der Waals surface area contributed by atoms with Crippen LogP contribution in [0.5, 0.6) is 17.2 Å². The molecule has 116 valence electrons. The molecule has 0 spiro atoms. The second kappa shape index (κ2) is 6.71. The maximum absolute atomic E-state index is 6.28. The van der Waals surface area contributed by atoms with Gasteiger partial charge in [0.1, 0.15) is 19.0 Å². The average molecular weight is 299 g/mol. The predicted molar refractivity (Wildman–Crippen MR) is 85.7 cm³/mol. The lowest BCUT2D eigenvalue weighted by Gasteiger charge is -2.19. The molecule has 0 saturated carbocycles. The lowest BCUT2D eigenvalue weighted by molar-refractivity contribution is 0.171. The van der Waals surface area contributed by atoms with E-state index in [1.54, 1.807) is 7.11 Å². The normalized spacial score (nSPS) is 14.5. The number of methoxy groups -OCH3 is 1. The molecule has 1 aliphatic rings. The van der Waals surface area contributed by atoms with Crippen molar-refractivity contribution in [1.29, 1.82) is 0 Å². The van der Waals surface area contributed by atoms with Crippen LogP contribution in [0, 0.1) is 0 Å². The smallest absolute Gasteiger partial charge is 0.161 e. The third kappa shape index (κ3) is 3.34. The van der Waals surface area contributed by atoms with Gasteiger partial charge in [0.25, 0.3) is 0 Å². The molecule has 1 heterocycles. The number of fused-ring (bicyclic) bond motifs is 1. The van der Waals surface area contributed by atoms with Crippen LogP contribution < -0.4 is 19.9 Å². The summed E-state index contributed by atoms with van der Waals surface area (Å²) in [4.78, 5) is 0. The number of nitrogens with two attached hydrogens (primary N) is 1. The Morgan fingerprint density at radius 1 is 1.05 bits per heavy atom. The van der Waals surface area contributed by atoms with Gasteiger partial charge < -0.3 is 19.9 Å². The van der Waals surface area contributed by atoms with Gasteiger partial charge in [-0.2, -0.15) is 0 Å². The van der Waals surface area contributed by atoms with Gasteiger partial charge in [0.2, 0.25) is 0 Å². The molecule has 0 bridgehead atoms. The third-order valence-electron chi connectivity index (χ3n) is 3.89. The Bertz CT molecular complexity index is 625. The lowest BCUT2D eigenvalue weighted by atomic mass is 9.99. The van der Waals surface area contributed by atoms with Crippen LogP contribution in [0.3, 0.4) is 0 Å². The second-order valence-electron chi connectivity index (χ2n) is 5.40. The van der Waals surface area contributed by atoms with Crippen LogP contribution in [0.15, 0.2) is 42.5 Å². The molecule has 0 aromatic heterocycles. The van der Waals surface area contributed by atoms with Crippen molar-refractivity contribution >= 4 is 0 Å². The van der Waals surface area contributed by atoms with Crippen molar-refractivity contribution in [2.45, 2.75) is 18.9 Å². The summed E-state index contributed by atoms with van der Waals surface area (Å²) in [5.41, 5.74) is 8.61. The summed E-state index contributed by atoms with van der Waals surface area (Å²) >= 11 is 0. The van der Waals surface area contributed by atoms with Crippen LogP contribution in [0.25, 0.3) is 0 Å². The molecule has 2 aromatic carbocycles. The summed E-state index contributed by atoms with van der Waals surface area (Å²) in [7, 11) is 1.66. The Labute approximate surface area is 130 Å². The van der Waals surface area contributed by atoms with Gasteiger partial charge in [-0.1, -0.05) is 18.2 Å². The van der Waals surface area contributed by atoms with E-state index in [2.05, 4.69) is 12.1 Å². The molecule has 1 aliphatic heterocycles. The Morgan fingerprint density at radius 2 is 1.77 bits per heavy atom. The molecule has 1 unspecified atom stereocenters. The number of benzene rings is 2. The van der Waals surface area contributed by atoms with E-state index >= 15 is 0 Å². The fraction of sp³-hybridized carbons (Fsp3) is 0.333. The SMILES string of the molecule is COc1ccc(C(N)CCc2ccc3c(c2)OCCO3)cc1. The van der Waals surface area contributed by atoms with E-state index < -0.39 is 0 Å². The zero-order valence-corrected chi connectivity index (χ0v) is 12.7. The Kier molecular flexibility index (Phi) is 4.49. The number of hydrogen-bond donors (Lipinski definition) is 1. The number of hydrogen-bond acceptors (Lipinski definition) is 4. The van der Waals surface area contributed by atoms with E-state index in [9.17, 15) is 0 Å². The molecule has 2 aromatic rings. The van der Waals surface area contributed by atoms with Gasteiger partial charge in [0, 0.05) is 6.04 Å². The van der Waals surface area contributed by atoms with Gasteiger partial charge in [-0.3, -0.25) is 0 Å². The van der Waals surface area contributed by atoms with Crippen molar-refractivity contribution in [3.8, 4) is 17.2 Å². The first-order valence-electron chi connectivity index (χ1n) is 7.54. The second-order valence-corrected chi connectivity index (χ2v) is 5.40. The van der Waals surface area contributed by atoms with E-state index in [4.69, 9.17) is 19.9 Å². The van der Waals surface area contributed by atoms with Crippen molar-refractivity contribution < 1.29 is 14.2 Å². The number of rotatable bonds is 5. The molecule has 3 rings (SSSR count). The van der Waals surface area contributed by atoms with Crippen LogP contribution in [0.2, 0.25) is 0 Å². The van der Waals surface area contributed by atoms with Crippen molar-refractivity contribution in [1.82, 2.24) is 0 Å². The van der Waals surface area contributed by atoms with Gasteiger partial charge in [0.05, 0.1) is 7.11 Å². The van der Waals surface area contributed by atoms with Crippen molar-refractivity contribution in [2.75, 3.05) is 20.3 Å². The highest BCUT2D eigenvalue weighted by Crippen LogP contribution is 2.31. The van der Waals surface area contributed by atoms with E-state index in [0.29, 0.717) is 13.2 Å². The van der Waals surface area contributed by atoms with Crippen LogP contribution in [0.4, 0.5) is 0 Å². The predicted octanol–water partition coefficient (Wildman–Crippen LogP) is 3.10. The molecule has 4 heteroatoms. The van der Waals surface area contributed by atoms with Gasteiger partial charge in [-0.15, -0.1) is 0 Å². The molecule has 0 aliphatic carbocycles. The zero-order valence-electron chi connectivity index (χ0n) is 12.7. The van der Waals surface area contributed by atoms with E-state index in [0.717, 1.165) is 35.7 Å². The van der Waals surface area contributed by atoms with Crippen molar-refractivity contribution in [3.05, 3.63) is 53.6 Å². The van der Waals surface area contributed by atoms with Crippen LogP contribution >= 0.6 is 0 Å². The minimum atomic E-state index is 0.0131. The highest BCUT2D eigenvalue weighted by Gasteiger charge is 2.12. The highest BCUT2D eigenvalue weighted by molar-refractivity contribution is 5.44. The molecule has 0 fully saturated rings. The first-order valence-corrected chi connectivity index (χ1v) is 7.54. The van der Waals surface area contributed by atoms with Gasteiger partial charge >= 0.3 is 0 Å². The van der Waals surface area contributed by atoms with Crippen molar-refractivity contribution in [3.63, 3.8) is 0 Å². The third-order valence-corrected chi connectivity index (χ3v) is 3.89. The molecule has 1 atom stereocenters. The molecule has 0 saturated heterocycles. The van der Waals surface area contributed by atoms with Gasteiger partial charge in [0.15, 0.2) is 11.5 Å². The summed E-state index contributed by atoms with van der Waals surface area (Å²) in [5, 5.41) is 0. The molecule has 4 nitrogen and oxygen atoms in total. The highest BCUT2D eigenvalue weighted by atomic mass is 16.6. The van der Waals surface area contributed by atoms with Crippen LogP contribution in [-0.2, 0) is 6.42 Å². The topological polar surface area (TPSA) is 53.7 Å². The Hall–Kier alpha value is -2.20. The fourth-order valence-electron chi connectivity index (χ4n) is 2.58. The molecule has 0 radical (unpaired) electrons. The molecular formula is C18H21NO3. The first-order chi connectivity index (χ1) is 10.8. The standard InChI is InChI=1S/C18H21NO3/c1-20-15-6-4-14(5-7-15)16(19)8-2-13-3-9-17-18(12-13)22-11-10-21-17/h3-7,9,12,16H,2,8,10-11,19H2,1H3. The van der Waals surface area contributed by atoms with Crippen LogP contribution in [-0.4, -0.2) is 20.3 Å². The largest absolute Gasteiger partial charge is 0.497 e. The Morgan fingerprint density at radius 3 is 2.50 bits per heavy atom. The monoisotopic (exact) mass is 299 g/mol. The number of ether oxygens (including phenoxy) is 3. The fourth-order valence-corrected chi connectivity index (χ4v) is 2.58. The minimum Gasteiger partial charge on any atom is -0.497 e. The van der Waals surface area contributed by atoms with Crippen LogP contribution in [0.1, 0.15) is 23.6 Å². The van der Waals surface area contributed by atoms with E-state index in [1.807, 2.05) is 30.3 Å². The molecule has 2 N–H and O–H groups in total. The summed E-state index contributed by atoms with van der Waals surface area (Å²) in [6.45, 7) is 1.23. The Balaban J connectivity index is 1.61. The first kappa shape index (κ1) is 14.7. The van der Waals surface area contributed by atoms with Gasteiger partial charge in [-0.05, 0) is 48.2 Å². The van der Waals surface area contributed by atoms with Gasteiger partial charge in [-0.25, -0.2) is 0 Å². The molecule has 0 amide bonds. The average Bonchev–Trinajstić information content (AvgIpc) is 2.59. The molecule has 22 heavy (non-hydrogen) atoms. The van der Waals surface area contributed by atoms with Crippen molar-refractivity contribution in [2.24, 2.45) is 5.73 Å². The summed E-state index contributed by atoms with van der Waals surface area (Å²) < 4.78 is 16.3. The lowest BCUT2D eigenvalue weighted by Crippen LogP contribution is -2.15. The summed E-state index contributed by atoms with van der Waals surface area (Å²) in [6, 6.07) is 14.0. The molecular weight excluding hydrogens is 278 g/mol. The maximum Gasteiger partial charge on any atom is 0.161 e.